The minimum atomic E-state index is 0.569. The number of benzene rings is 2. The highest BCUT2D eigenvalue weighted by Gasteiger charge is 2.51. The Labute approximate surface area is 163 Å². The number of aromatic nitrogens is 1. The number of methoxy groups -OCH3 is 1. The lowest BCUT2D eigenvalue weighted by Crippen LogP contribution is -2.72. The Hall–Kier alpha value is -2.21. The van der Waals surface area contributed by atoms with Gasteiger partial charge in [-0.25, -0.2) is 4.98 Å². The van der Waals surface area contributed by atoms with Crippen LogP contribution in [0.1, 0.15) is 16.5 Å². The van der Waals surface area contributed by atoms with E-state index in [1.807, 2.05) is 18.3 Å². The highest BCUT2D eigenvalue weighted by molar-refractivity contribution is 7.09. The van der Waals surface area contributed by atoms with Gasteiger partial charge in [0.2, 0.25) is 0 Å². The van der Waals surface area contributed by atoms with Gasteiger partial charge in [0.25, 0.3) is 0 Å². The quantitative estimate of drug-likeness (QED) is 0.735. The van der Waals surface area contributed by atoms with Gasteiger partial charge in [-0.15, -0.1) is 11.3 Å². The number of nitrogens with one attached hydrogen (secondary N) is 1. The Morgan fingerprint density at radius 2 is 1.70 bits per heavy atom. The fourth-order valence-corrected chi connectivity index (χ4v) is 5.15. The zero-order chi connectivity index (χ0) is 18.2. The number of piperazine rings is 1. The highest BCUT2D eigenvalue weighted by Crippen LogP contribution is 2.43. The van der Waals surface area contributed by atoms with Crippen molar-refractivity contribution in [1.82, 2.24) is 15.2 Å². The maximum absolute atomic E-state index is 5.25. The SMILES string of the molecule is COc1ccc(-c2ccc(C3[C@H]4CNC[C@@H]3N4Cc3nccs3)cc2)cc1. The van der Waals surface area contributed by atoms with E-state index in [0.717, 1.165) is 25.4 Å². The van der Waals surface area contributed by atoms with E-state index in [1.54, 1.807) is 18.4 Å². The summed E-state index contributed by atoms with van der Waals surface area (Å²) in [6.07, 6.45) is 1.91. The summed E-state index contributed by atoms with van der Waals surface area (Å²) in [5, 5.41) is 6.86. The molecule has 0 aliphatic carbocycles. The molecule has 3 heterocycles. The number of fused-ring (bicyclic) bond motifs is 2. The van der Waals surface area contributed by atoms with Crippen LogP contribution in [0, 0.1) is 0 Å². The van der Waals surface area contributed by atoms with Gasteiger partial charge in [-0.05, 0) is 28.8 Å². The summed E-state index contributed by atoms with van der Waals surface area (Å²) in [7, 11) is 1.70. The van der Waals surface area contributed by atoms with Gasteiger partial charge in [0.15, 0.2) is 0 Å². The standard InChI is InChI=1S/C22H23N3OS/c1-26-18-8-6-16(7-9-18)15-2-4-17(5-3-15)22-19-12-23-13-20(22)25(19)14-21-24-10-11-27-21/h2-11,19-20,22-23H,12-14H2,1H3/t19-,20+,22?. The van der Waals surface area contributed by atoms with Gasteiger partial charge in [0.05, 0.1) is 13.7 Å². The van der Waals surface area contributed by atoms with Gasteiger partial charge in [-0.3, -0.25) is 4.90 Å². The second kappa shape index (κ2) is 7.08. The first-order valence-corrected chi connectivity index (χ1v) is 10.3. The van der Waals surface area contributed by atoms with E-state index in [9.17, 15) is 0 Å². The van der Waals surface area contributed by atoms with E-state index >= 15 is 0 Å². The molecule has 1 unspecified atom stereocenters. The molecule has 27 heavy (non-hydrogen) atoms. The summed E-state index contributed by atoms with van der Waals surface area (Å²) >= 11 is 1.76. The van der Waals surface area contributed by atoms with Crippen LogP contribution in [0.3, 0.4) is 0 Å². The third kappa shape index (κ3) is 3.06. The van der Waals surface area contributed by atoms with Gasteiger partial charge >= 0.3 is 0 Å². The van der Waals surface area contributed by atoms with Crippen LogP contribution in [0.5, 0.6) is 5.75 Å². The summed E-state index contributed by atoms with van der Waals surface area (Å²) in [4.78, 5) is 7.09. The van der Waals surface area contributed by atoms with Crippen molar-refractivity contribution in [2.75, 3.05) is 20.2 Å². The molecule has 2 aliphatic heterocycles. The predicted molar refractivity (Wildman–Crippen MR) is 109 cm³/mol. The Balaban J connectivity index is 1.33. The molecule has 5 rings (SSSR count). The summed E-state index contributed by atoms with van der Waals surface area (Å²) < 4.78 is 5.25. The zero-order valence-corrected chi connectivity index (χ0v) is 16.2. The van der Waals surface area contributed by atoms with E-state index in [-0.39, 0.29) is 0 Å². The molecular weight excluding hydrogens is 354 g/mol. The summed E-state index contributed by atoms with van der Waals surface area (Å²) in [5.41, 5.74) is 3.94. The van der Waals surface area contributed by atoms with Crippen molar-refractivity contribution in [1.29, 1.82) is 0 Å². The fourth-order valence-electron chi connectivity index (χ4n) is 4.53. The molecule has 3 aromatic rings. The monoisotopic (exact) mass is 377 g/mol. The number of nitrogens with zero attached hydrogens (tertiary/aromatic N) is 2. The van der Waals surface area contributed by atoms with E-state index in [0.29, 0.717) is 18.0 Å². The Kier molecular flexibility index (Phi) is 4.44. The van der Waals surface area contributed by atoms with Gasteiger partial charge in [0, 0.05) is 42.7 Å². The summed E-state index contributed by atoms with van der Waals surface area (Å²) in [5.74, 6) is 1.52. The molecule has 2 aromatic carbocycles. The lowest BCUT2D eigenvalue weighted by molar-refractivity contribution is -0.0483. The van der Waals surface area contributed by atoms with Crippen molar-refractivity contribution in [2.24, 2.45) is 0 Å². The van der Waals surface area contributed by atoms with Gasteiger partial charge in [0.1, 0.15) is 10.8 Å². The van der Waals surface area contributed by atoms with Crippen LogP contribution in [0.25, 0.3) is 11.1 Å². The summed E-state index contributed by atoms with van der Waals surface area (Å²) in [6, 6.07) is 18.5. The molecule has 0 amide bonds. The van der Waals surface area contributed by atoms with Crippen LogP contribution in [0.15, 0.2) is 60.1 Å². The first kappa shape index (κ1) is 16.9. The number of thiazole rings is 1. The van der Waals surface area contributed by atoms with Crippen molar-refractivity contribution >= 4 is 11.3 Å². The minimum Gasteiger partial charge on any atom is -0.497 e. The molecule has 0 radical (unpaired) electrons. The lowest BCUT2D eigenvalue weighted by atomic mass is 9.72. The topological polar surface area (TPSA) is 37.4 Å². The molecule has 2 saturated heterocycles. The predicted octanol–water partition coefficient (Wildman–Crippen LogP) is 3.76. The fraction of sp³-hybridized carbons (Fsp3) is 0.318. The van der Waals surface area contributed by atoms with Crippen molar-refractivity contribution in [2.45, 2.75) is 24.5 Å². The van der Waals surface area contributed by atoms with Crippen molar-refractivity contribution in [3.8, 4) is 16.9 Å². The molecule has 138 valence electrons. The number of hydrogen-bond donors (Lipinski definition) is 1. The number of piperidine rings is 1. The maximum Gasteiger partial charge on any atom is 0.118 e. The van der Waals surface area contributed by atoms with Gasteiger partial charge in [-0.2, -0.15) is 0 Å². The highest BCUT2D eigenvalue weighted by atomic mass is 32.1. The number of rotatable bonds is 5. The lowest BCUT2D eigenvalue weighted by Gasteiger charge is -2.59. The Morgan fingerprint density at radius 3 is 2.30 bits per heavy atom. The molecule has 1 aromatic heterocycles. The third-order valence-corrected chi connectivity index (χ3v) is 6.67. The van der Waals surface area contributed by atoms with E-state index in [2.05, 4.69) is 57.0 Å². The van der Waals surface area contributed by atoms with Crippen LogP contribution in [0.4, 0.5) is 0 Å². The first-order chi connectivity index (χ1) is 13.3. The third-order valence-electron chi connectivity index (χ3n) is 5.91. The maximum atomic E-state index is 5.25. The molecule has 0 spiro atoms. The summed E-state index contributed by atoms with van der Waals surface area (Å²) in [6.45, 7) is 3.11. The van der Waals surface area contributed by atoms with Crippen LogP contribution in [-0.2, 0) is 6.54 Å². The van der Waals surface area contributed by atoms with Crippen LogP contribution in [0.2, 0.25) is 0 Å². The minimum absolute atomic E-state index is 0.569. The Morgan fingerprint density at radius 1 is 1.04 bits per heavy atom. The second-order valence-electron chi connectivity index (χ2n) is 7.27. The van der Waals surface area contributed by atoms with E-state index in [4.69, 9.17) is 4.74 Å². The second-order valence-corrected chi connectivity index (χ2v) is 8.25. The first-order valence-electron chi connectivity index (χ1n) is 9.43. The number of likely N-dealkylation sites (tertiary alicyclic amines) is 1. The van der Waals surface area contributed by atoms with E-state index in [1.165, 1.54) is 21.7 Å². The van der Waals surface area contributed by atoms with Crippen LogP contribution >= 0.6 is 11.3 Å². The largest absolute Gasteiger partial charge is 0.497 e. The van der Waals surface area contributed by atoms with Crippen LogP contribution in [-0.4, -0.2) is 42.2 Å². The molecule has 2 aliphatic rings. The average molecular weight is 378 g/mol. The average Bonchev–Trinajstić information content (AvgIpc) is 3.26. The number of hydrogen-bond acceptors (Lipinski definition) is 5. The smallest absolute Gasteiger partial charge is 0.118 e. The molecule has 2 fully saturated rings. The van der Waals surface area contributed by atoms with Crippen molar-refractivity contribution < 1.29 is 4.74 Å². The van der Waals surface area contributed by atoms with E-state index < -0.39 is 0 Å². The molecule has 0 saturated carbocycles. The molecule has 3 atom stereocenters. The molecule has 1 N–H and O–H groups in total. The number of ether oxygens (including phenoxy) is 1. The van der Waals surface area contributed by atoms with Crippen LogP contribution < -0.4 is 10.1 Å². The molecular formula is C22H23N3OS. The van der Waals surface area contributed by atoms with Gasteiger partial charge < -0.3 is 10.1 Å². The normalized spacial score (nSPS) is 24.4. The zero-order valence-electron chi connectivity index (χ0n) is 15.3. The Bertz CT molecular complexity index is 880. The molecule has 2 bridgehead atoms. The molecule has 5 heteroatoms. The van der Waals surface area contributed by atoms with Gasteiger partial charge in [-0.1, -0.05) is 36.4 Å². The van der Waals surface area contributed by atoms with Crippen molar-refractivity contribution in [3.63, 3.8) is 0 Å². The van der Waals surface area contributed by atoms with Crippen molar-refractivity contribution in [3.05, 3.63) is 70.7 Å². The molecule has 4 nitrogen and oxygen atoms in total.